The lowest BCUT2D eigenvalue weighted by Crippen LogP contribution is -2.21. The van der Waals surface area contributed by atoms with E-state index in [2.05, 4.69) is 0 Å². The zero-order valence-electron chi connectivity index (χ0n) is 8.58. The van der Waals surface area contributed by atoms with E-state index in [4.69, 9.17) is 4.74 Å². The standard InChI is InChI=1S/C10H19NO2/c1-11(2)8-7-10(12)13-9-5-3-4-6-9/h9H,3-8H2,1-2H3. The highest BCUT2D eigenvalue weighted by Crippen LogP contribution is 2.21. The predicted molar refractivity (Wildman–Crippen MR) is 51.5 cm³/mol. The molecule has 0 unspecified atom stereocenters. The van der Waals surface area contributed by atoms with Crippen LogP contribution in [0.4, 0.5) is 0 Å². The van der Waals surface area contributed by atoms with E-state index >= 15 is 0 Å². The normalized spacial score (nSPS) is 18.1. The molecule has 1 aliphatic carbocycles. The molecule has 0 aromatic rings. The highest BCUT2D eigenvalue weighted by molar-refractivity contribution is 5.69. The SMILES string of the molecule is CN(C)CCC(=O)OC1CCCC1. The molecule has 0 amide bonds. The summed E-state index contributed by atoms with van der Waals surface area (Å²) in [5.41, 5.74) is 0. The molecule has 76 valence electrons. The summed E-state index contributed by atoms with van der Waals surface area (Å²) in [7, 11) is 3.92. The molecule has 3 nitrogen and oxygen atoms in total. The van der Waals surface area contributed by atoms with Crippen LogP contribution in [0.25, 0.3) is 0 Å². The molecule has 1 rings (SSSR count). The van der Waals surface area contributed by atoms with Crippen molar-refractivity contribution in [3.63, 3.8) is 0 Å². The van der Waals surface area contributed by atoms with Crippen molar-refractivity contribution in [2.45, 2.75) is 38.2 Å². The summed E-state index contributed by atoms with van der Waals surface area (Å²) in [6.45, 7) is 0.783. The summed E-state index contributed by atoms with van der Waals surface area (Å²) < 4.78 is 5.30. The molecule has 0 bridgehead atoms. The first kappa shape index (κ1) is 10.5. The zero-order valence-corrected chi connectivity index (χ0v) is 8.58. The second-order valence-electron chi connectivity index (χ2n) is 3.95. The van der Waals surface area contributed by atoms with E-state index in [1.807, 2.05) is 19.0 Å². The molecule has 0 radical (unpaired) electrons. The maximum atomic E-state index is 11.3. The Labute approximate surface area is 80.1 Å². The van der Waals surface area contributed by atoms with E-state index in [1.165, 1.54) is 12.8 Å². The predicted octanol–water partition coefficient (Wildman–Crippen LogP) is 1.42. The first-order chi connectivity index (χ1) is 6.18. The lowest BCUT2D eigenvalue weighted by Gasteiger charge is -2.13. The Kier molecular flexibility index (Phi) is 4.22. The van der Waals surface area contributed by atoms with Gasteiger partial charge in [-0.1, -0.05) is 0 Å². The van der Waals surface area contributed by atoms with Crippen molar-refractivity contribution >= 4 is 5.97 Å². The average molecular weight is 185 g/mol. The van der Waals surface area contributed by atoms with Crippen molar-refractivity contribution < 1.29 is 9.53 Å². The fourth-order valence-corrected chi connectivity index (χ4v) is 1.57. The number of rotatable bonds is 4. The maximum absolute atomic E-state index is 11.3. The van der Waals surface area contributed by atoms with E-state index in [0.717, 1.165) is 19.4 Å². The van der Waals surface area contributed by atoms with Crippen LogP contribution in [0.5, 0.6) is 0 Å². The van der Waals surface area contributed by atoms with E-state index in [9.17, 15) is 4.79 Å². The van der Waals surface area contributed by atoms with Crippen molar-refractivity contribution in [2.75, 3.05) is 20.6 Å². The van der Waals surface area contributed by atoms with Crippen LogP contribution in [-0.4, -0.2) is 37.6 Å². The van der Waals surface area contributed by atoms with Gasteiger partial charge in [0.2, 0.25) is 0 Å². The minimum atomic E-state index is -0.0411. The molecule has 0 spiro atoms. The van der Waals surface area contributed by atoms with Gasteiger partial charge in [0, 0.05) is 6.54 Å². The van der Waals surface area contributed by atoms with Gasteiger partial charge in [-0.25, -0.2) is 0 Å². The molecule has 1 aliphatic rings. The summed E-state index contributed by atoms with van der Waals surface area (Å²) in [5, 5.41) is 0. The average Bonchev–Trinajstić information content (AvgIpc) is 2.53. The molecule has 0 aromatic carbocycles. The number of ether oxygens (including phenoxy) is 1. The maximum Gasteiger partial charge on any atom is 0.307 e. The summed E-state index contributed by atoms with van der Waals surface area (Å²) in [5.74, 6) is -0.0411. The molecule has 0 atom stereocenters. The fourth-order valence-electron chi connectivity index (χ4n) is 1.57. The van der Waals surface area contributed by atoms with Crippen molar-refractivity contribution in [3.8, 4) is 0 Å². The van der Waals surface area contributed by atoms with Crippen LogP contribution < -0.4 is 0 Å². The largest absolute Gasteiger partial charge is 0.462 e. The van der Waals surface area contributed by atoms with Gasteiger partial charge in [0.25, 0.3) is 0 Å². The van der Waals surface area contributed by atoms with Crippen molar-refractivity contribution in [1.82, 2.24) is 4.90 Å². The number of esters is 1. The number of hydrogen-bond donors (Lipinski definition) is 0. The van der Waals surface area contributed by atoms with Gasteiger partial charge in [-0.3, -0.25) is 4.79 Å². The number of nitrogens with zero attached hydrogens (tertiary/aromatic N) is 1. The molecular weight excluding hydrogens is 166 g/mol. The first-order valence-corrected chi connectivity index (χ1v) is 5.02. The Morgan fingerprint density at radius 2 is 2.00 bits per heavy atom. The third kappa shape index (κ3) is 4.27. The summed E-state index contributed by atoms with van der Waals surface area (Å²) in [6, 6.07) is 0. The fraction of sp³-hybridized carbons (Fsp3) is 0.900. The van der Waals surface area contributed by atoms with Crippen LogP contribution in [0, 0.1) is 0 Å². The van der Waals surface area contributed by atoms with E-state index < -0.39 is 0 Å². The molecular formula is C10H19NO2. The molecule has 1 fully saturated rings. The molecule has 3 heteroatoms. The van der Waals surface area contributed by atoms with Crippen LogP contribution in [0.1, 0.15) is 32.1 Å². The minimum absolute atomic E-state index is 0.0411. The highest BCUT2D eigenvalue weighted by atomic mass is 16.5. The second kappa shape index (κ2) is 5.22. The monoisotopic (exact) mass is 185 g/mol. The molecule has 0 N–H and O–H groups in total. The molecule has 0 heterocycles. The summed E-state index contributed by atoms with van der Waals surface area (Å²) >= 11 is 0. The van der Waals surface area contributed by atoms with Gasteiger partial charge in [0.15, 0.2) is 0 Å². The van der Waals surface area contributed by atoms with Crippen molar-refractivity contribution in [1.29, 1.82) is 0 Å². The van der Waals surface area contributed by atoms with Gasteiger partial charge in [-0.15, -0.1) is 0 Å². The molecule has 13 heavy (non-hydrogen) atoms. The quantitative estimate of drug-likeness (QED) is 0.620. The van der Waals surface area contributed by atoms with Gasteiger partial charge in [0.1, 0.15) is 6.10 Å². The van der Waals surface area contributed by atoms with Gasteiger partial charge in [-0.2, -0.15) is 0 Å². The topological polar surface area (TPSA) is 29.5 Å². The van der Waals surface area contributed by atoms with Gasteiger partial charge < -0.3 is 9.64 Å². The molecule has 1 saturated carbocycles. The first-order valence-electron chi connectivity index (χ1n) is 5.02. The van der Waals surface area contributed by atoms with E-state index in [1.54, 1.807) is 0 Å². The Balaban J connectivity index is 2.09. The van der Waals surface area contributed by atoms with E-state index in [-0.39, 0.29) is 12.1 Å². The smallest absolute Gasteiger partial charge is 0.307 e. The second-order valence-corrected chi connectivity index (χ2v) is 3.95. The van der Waals surface area contributed by atoms with Gasteiger partial charge in [0.05, 0.1) is 6.42 Å². The zero-order chi connectivity index (χ0) is 9.68. The number of carbonyl (C=O) groups excluding carboxylic acids is 1. The Morgan fingerprint density at radius 1 is 1.38 bits per heavy atom. The van der Waals surface area contributed by atoms with Crippen LogP contribution in [0.3, 0.4) is 0 Å². The highest BCUT2D eigenvalue weighted by Gasteiger charge is 2.18. The van der Waals surface area contributed by atoms with Gasteiger partial charge in [-0.05, 0) is 39.8 Å². The molecule has 0 saturated heterocycles. The lowest BCUT2D eigenvalue weighted by molar-refractivity contribution is -0.148. The van der Waals surface area contributed by atoms with Crippen LogP contribution in [-0.2, 0) is 9.53 Å². The molecule has 0 aliphatic heterocycles. The minimum Gasteiger partial charge on any atom is -0.462 e. The van der Waals surface area contributed by atoms with Crippen LogP contribution >= 0.6 is 0 Å². The number of hydrogen-bond acceptors (Lipinski definition) is 3. The lowest BCUT2D eigenvalue weighted by atomic mass is 10.3. The molecule has 0 aromatic heterocycles. The van der Waals surface area contributed by atoms with Crippen LogP contribution in [0.2, 0.25) is 0 Å². The van der Waals surface area contributed by atoms with Crippen molar-refractivity contribution in [3.05, 3.63) is 0 Å². The third-order valence-corrected chi connectivity index (χ3v) is 2.36. The summed E-state index contributed by atoms with van der Waals surface area (Å²) in [6.07, 6.45) is 5.29. The summed E-state index contributed by atoms with van der Waals surface area (Å²) in [4.78, 5) is 13.3. The Bertz CT molecular complexity index is 162. The third-order valence-electron chi connectivity index (χ3n) is 2.36. The Hall–Kier alpha value is -0.570. The van der Waals surface area contributed by atoms with Crippen molar-refractivity contribution in [2.24, 2.45) is 0 Å². The van der Waals surface area contributed by atoms with Gasteiger partial charge >= 0.3 is 5.97 Å². The number of carbonyl (C=O) groups is 1. The van der Waals surface area contributed by atoms with E-state index in [0.29, 0.717) is 6.42 Å². The Morgan fingerprint density at radius 3 is 2.54 bits per heavy atom. The van der Waals surface area contributed by atoms with Crippen LogP contribution in [0.15, 0.2) is 0 Å².